The largest absolute Gasteiger partial charge is 0.493 e. The van der Waals surface area contributed by atoms with E-state index in [1.807, 2.05) is 19.1 Å². The minimum absolute atomic E-state index is 0.0108. The molecule has 0 saturated carbocycles. The molecule has 2 aromatic rings. The summed E-state index contributed by atoms with van der Waals surface area (Å²) < 4.78 is 31.4. The highest BCUT2D eigenvalue weighted by Crippen LogP contribution is 2.38. The first-order chi connectivity index (χ1) is 19.0. The molecule has 4 rings (SSSR count). The number of thiazole rings is 1. The Labute approximate surface area is 239 Å². The van der Waals surface area contributed by atoms with Gasteiger partial charge in [0.1, 0.15) is 10.6 Å². The zero-order chi connectivity index (χ0) is 28.9. The van der Waals surface area contributed by atoms with Gasteiger partial charge in [-0.15, -0.1) is 0 Å². The van der Waals surface area contributed by atoms with Gasteiger partial charge < -0.3 is 20.3 Å². The van der Waals surface area contributed by atoms with Crippen LogP contribution in [0.5, 0.6) is 5.75 Å². The van der Waals surface area contributed by atoms with Crippen molar-refractivity contribution in [3.8, 4) is 5.75 Å². The van der Waals surface area contributed by atoms with Crippen molar-refractivity contribution in [3.05, 3.63) is 39.9 Å². The van der Waals surface area contributed by atoms with Crippen molar-refractivity contribution in [1.82, 2.24) is 20.5 Å². The highest BCUT2D eigenvalue weighted by Gasteiger charge is 2.42. The summed E-state index contributed by atoms with van der Waals surface area (Å²) in [6.45, 7) is 5.75. The second kappa shape index (κ2) is 12.5. The molecule has 13 heteroatoms. The lowest BCUT2D eigenvalue weighted by atomic mass is 9.73. The molecule has 2 aliphatic heterocycles. The summed E-state index contributed by atoms with van der Waals surface area (Å²) in [5.41, 5.74) is 1.37. The molecule has 11 nitrogen and oxygen atoms in total. The first-order valence-electron chi connectivity index (χ1n) is 13.5. The lowest BCUT2D eigenvalue weighted by Crippen LogP contribution is -2.50. The number of ether oxygens (including phenoxy) is 1. The molecule has 1 spiro atoms. The number of aryl methyl sites for hydroxylation is 2. The zero-order valence-electron chi connectivity index (χ0n) is 23.2. The number of sulfonamides is 1. The molecule has 1 saturated heterocycles. The molecular weight excluding hydrogens is 554 g/mol. The Bertz CT molecular complexity index is 1370. The monoisotopic (exact) mass is 591 g/mol. The van der Waals surface area contributed by atoms with Gasteiger partial charge in [0.2, 0.25) is 15.9 Å². The Morgan fingerprint density at radius 2 is 1.80 bits per heavy atom. The number of aromatic nitrogens is 1. The minimum atomic E-state index is -3.50. The number of hydrogen-bond donors (Lipinski definition) is 3. The van der Waals surface area contributed by atoms with Gasteiger partial charge >= 0.3 is 0 Å². The van der Waals surface area contributed by atoms with E-state index in [9.17, 15) is 22.8 Å². The second-order valence-corrected chi connectivity index (χ2v) is 13.3. The summed E-state index contributed by atoms with van der Waals surface area (Å²) >= 11 is 1.01. The van der Waals surface area contributed by atoms with Crippen LogP contribution in [0.1, 0.15) is 69.8 Å². The number of piperidine rings is 1. The van der Waals surface area contributed by atoms with E-state index < -0.39 is 15.4 Å². The van der Waals surface area contributed by atoms with E-state index in [1.165, 1.54) is 0 Å². The number of nitrogens with one attached hydrogen (secondary N) is 3. The fourth-order valence-electron chi connectivity index (χ4n) is 5.13. The quantitative estimate of drug-likeness (QED) is 0.497. The summed E-state index contributed by atoms with van der Waals surface area (Å²) in [6, 6.07) is 5.52. The zero-order valence-corrected chi connectivity index (χ0v) is 24.8. The van der Waals surface area contributed by atoms with Gasteiger partial charge in [-0.25, -0.2) is 13.4 Å². The van der Waals surface area contributed by atoms with Crippen LogP contribution in [-0.4, -0.2) is 75.1 Å². The van der Waals surface area contributed by atoms with Gasteiger partial charge in [-0.05, 0) is 63.6 Å². The Kier molecular flexibility index (Phi) is 9.34. The van der Waals surface area contributed by atoms with Gasteiger partial charge in [0.25, 0.3) is 11.8 Å². The average Bonchev–Trinajstić information content (AvgIpc) is 3.25. The third kappa shape index (κ3) is 7.30. The molecule has 3 N–H and O–H groups in total. The van der Waals surface area contributed by atoms with Crippen LogP contribution in [0.3, 0.4) is 0 Å². The number of rotatable bonds is 3. The fraction of sp³-hybridized carbons (Fsp3) is 0.556. The van der Waals surface area contributed by atoms with Crippen LogP contribution in [0.4, 0.5) is 5.13 Å². The Morgan fingerprint density at radius 3 is 2.52 bits per heavy atom. The van der Waals surface area contributed by atoms with Gasteiger partial charge in [-0.1, -0.05) is 23.8 Å². The van der Waals surface area contributed by atoms with Crippen molar-refractivity contribution in [1.29, 1.82) is 0 Å². The number of fused-ring (bicyclic) bond motifs is 1. The van der Waals surface area contributed by atoms with E-state index in [0.717, 1.165) is 36.0 Å². The Morgan fingerprint density at radius 1 is 1.07 bits per heavy atom. The molecule has 1 aromatic heterocycles. The van der Waals surface area contributed by atoms with Crippen LogP contribution in [0.25, 0.3) is 0 Å². The third-order valence-electron chi connectivity index (χ3n) is 7.37. The first-order valence-corrected chi connectivity index (χ1v) is 16.2. The van der Waals surface area contributed by atoms with Gasteiger partial charge in [-0.3, -0.25) is 19.1 Å². The number of nitrogens with zero attached hydrogens (tertiary/aromatic N) is 2. The summed E-state index contributed by atoms with van der Waals surface area (Å²) in [5, 5.41) is 6.22. The topological polar surface area (TPSA) is 147 Å². The van der Waals surface area contributed by atoms with Gasteiger partial charge in [-0.2, -0.15) is 0 Å². The number of carbonyl (C=O) groups is 3. The predicted octanol–water partition coefficient (Wildman–Crippen LogP) is 2.85. The number of benzene rings is 1. The fourth-order valence-corrected chi connectivity index (χ4v) is 6.90. The molecule has 2 aliphatic rings. The van der Waals surface area contributed by atoms with E-state index >= 15 is 0 Å². The minimum Gasteiger partial charge on any atom is -0.493 e. The lowest BCUT2D eigenvalue weighted by molar-refractivity contribution is -0.134. The molecule has 1 aromatic carbocycles. The summed E-state index contributed by atoms with van der Waals surface area (Å²) in [4.78, 5) is 45.8. The van der Waals surface area contributed by atoms with Crippen molar-refractivity contribution in [3.63, 3.8) is 0 Å². The molecule has 0 radical (unpaired) electrons. The number of hydrogen-bond acceptors (Lipinski definition) is 8. The predicted molar refractivity (Wildman–Crippen MR) is 153 cm³/mol. The standard InChI is InChI=1S/C27H37N5O6S2/c1-18-7-8-20-21(17-18)38-16-6-13-29-25(35)27(9-4-5-12-28-23(20)33)10-14-32(15-11-27)24(34)22-19(2)30-26(39-22)31-40(3,36)37/h7-8,17H,4-6,9-16H2,1-3H3,(H,28,33)(H,29,35)(H,30,31). The summed E-state index contributed by atoms with van der Waals surface area (Å²) in [5.74, 6) is 0.151. The van der Waals surface area contributed by atoms with E-state index in [1.54, 1.807) is 17.9 Å². The Hall–Kier alpha value is -3.19. The molecule has 40 heavy (non-hydrogen) atoms. The van der Waals surface area contributed by atoms with Crippen molar-refractivity contribution in [2.75, 3.05) is 43.8 Å². The van der Waals surface area contributed by atoms with Crippen LogP contribution in [0, 0.1) is 19.3 Å². The summed E-state index contributed by atoms with van der Waals surface area (Å²) in [7, 11) is -3.50. The molecular formula is C27H37N5O6S2. The van der Waals surface area contributed by atoms with E-state index in [-0.39, 0.29) is 22.9 Å². The average molecular weight is 592 g/mol. The molecule has 3 heterocycles. The molecule has 0 atom stereocenters. The molecule has 3 amide bonds. The maximum Gasteiger partial charge on any atom is 0.265 e. The smallest absolute Gasteiger partial charge is 0.265 e. The number of carbonyl (C=O) groups excluding carboxylic acids is 3. The van der Waals surface area contributed by atoms with Gasteiger partial charge in [0.05, 0.1) is 29.5 Å². The van der Waals surface area contributed by atoms with Crippen LogP contribution >= 0.6 is 11.3 Å². The molecule has 0 aliphatic carbocycles. The maximum atomic E-state index is 13.5. The maximum absolute atomic E-state index is 13.5. The molecule has 1 fully saturated rings. The van der Waals surface area contributed by atoms with Crippen LogP contribution < -0.4 is 20.1 Å². The van der Waals surface area contributed by atoms with E-state index in [4.69, 9.17) is 4.74 Å². The second-order valence-electron chi connectivity index (χ2n) is 10.6. The van der Waals surface area contributed by atoms with Gasteiger partial charge in [0.15, 0.2) is 5.13 Å². The summed E-state index contributed by atoms with van der Waals surface area (Å²) in [6.07, 6.45) is 4.81. The third-order valence-corrected chi connectivity index (χ3v) is 9.12. The van der Waals surface area contributed by atoms with Gasteiger partial charge in [0, 0.05) is 26.2 Å². The van der Waals surface area contributed by atoms with Crippen molar-refractivity contribution in [2.24, 2.45) is 5.41 Å². The number of amides is 3. The van der Waals surface area contributed by atoms with E-state index in [2.05, 4.69) is 20.3 Å². The molecule has 0 bridgehead atoms. The SMILES string of the molecule is Cc1ccc2c(c1)OCCCNC(=O)C1(CCCCNC2=O)CCN(C(=O)c2sc(NS(C)(=O)=O)nc2C)CC1. The van der Waals surface area contributed by atoms with Crippen molar-refractivity contribution in [2.45, 2.75) is 52.4 Å². The van der Waals surface area contributed by atoms with Crippen LogP contribution in [0.15, 0.2) is 18.2 Å². The van der Waals surface area contributed by atoms with Crippen molar-refractivity contribution < 1.29 is 27.5 Å². The van der Waals surface area contributed by atoms with Crippen molar-refractivity contribution >= 4 is 44.2 Å². The normalized spacial score (nSPS) is 18.9. The van der Waals surface area contributed by atoms with E-state index in [0.29, 0.717) is 80.4 Å². The first kappa shape index (κ1) is 29.8. The number of anilines is 1. The highest BCUT2D eigenvalue weighted by atomic mass is 32.2. The number of likely N-dealkylation sites (tertiary alicyclic amines) is 1. The van der Waals surface area contributed by atoms with Crippen LogP contribution in [0.2, 0.25) is 0 Å². The highest BCUT2D eigenvalue weighted by molar-refractivity contribution is 7.92. The Balaban J connectivity index is 1.41. The molecule has 0 unspecified atom stereocenters. The molecule has 218 valence electrons. The lowest BCUT2D eigenvalue weighted by Gasteiger charge is -2.40. The van der Waals surface area contributed by atoms with Crippen LogP contribution in [-0.2, 0) is 14.8 Å².